The van der Waals surface area contributed by atoms with Gasteiger partial charge in [0.25, 0.3) is 0 Å². The maximum atomic E-state index is 13.6. The summed E-state index contributed by atoms with van der Waals surface area (Å²) >= 11 is 0. The first-order chi connectivity index (χ1) is 9.51. The van der Waals surface area contributed by atoms with Gasteiger partial charge >= 0.3 is 0 Å². The summed E-state index contributed by atoms with van der Waals surface area (Å²) in [6.07, 6.45) is 0. The van der Waals surface area contributed by atoms with Crippen LogP contribution in [0.4, 0.5) is 4.39 Å². The Labute approximate surface area is 117 Å². The molecule has 2 aromatic carbocycles. The molecule has 0 fully saturated rings. The summed E-state index contributed by atoms with van der Waals surface area (Å²) in [7, 11) is 0. The van der Waals surface area contributed by atoms with Crippen LogP contribution in [0.1, 0.15) is 29.7 Å². The van der Waals surface area contributed by atoms with Crippen molar-refractivity contribution in [3.8, 4) is 11.5 Å². The summed E-state index contributed by atoms with van der Waals surface area (Å²) in [6.45, 7) is 3.40. The van der Waals surface area contributed by atoms with Crippen molar-refractivity contribution in [1.29, 1.82) is 0 Å². The van der Waals surface area contributed by atoms with Crippen molar-refractivity contribution < 1.29 is 14.2 Å². The molecule has 0 saturated heterocycles. The number of rotatable bonds is 4. The Balaban J connectivity index is 2.39. The minimum atomic E-state index is -0.332. The summed E-state index contributed by atoms with van der Waals surface area (Å²) < 4.78 is 19.4. The topological polar surface area (TPSA) is 55.5 Å². The quantitative estimate of drug-likeness (QED) is 0.898. The average Bonchev–Trinajstić information content (AvgIpc) is 2.42. The first-order valence-corrected chi connectivity index (χ1v) is 6.44. The number of aliphatic hydroxyl groups is 1. The van der Waals surface area contributed by atoms with E-state index in [1.165, 1.54) is 6.07 Å². The van der Waals surface area contributed by atoms with Gasteiger partial charge in [-0.25, -0.2) is 4.39 Å². The van der Waals surface area contributed by atoms with Crippen LogP contribution >= 0.6 is 0 Å². The van der Waals surface area contributed by atoms with Crippen molar-refractivity contribution in [1.82, 2.24) is 0 Å². The van der Waals surface area contributed by atoms with Crippen molar-refractivity contribution in [2.45, 2.75) is 26.5 Å². The fraction of sp³-hybridized carbons (Fsp3) is 0.250. The highest BCUT2D eigenvalue weighted by molar-refractivity contribution is 5.43. The maximum Gasteiger partial charge on any atom is 0.132 e. The Morgan fingerprint density at radius 2 is 2.05 bits per heavy atom. The molecule has 3 nitrogen and oxygen atoms in total. The molecule has 0 amide bonds. The van der Waals surface area contributed by atoms with Crippen LogP contribution in [-0.2, 0) is 6.61 Å². The molecule has 0 bridgehead atoms. The van der Waals surface area contributed by atoms with Gasteiger partial charge in [-0.3, -0.25) is 0 Å². The molecule has 0 unspecified atom stereocenters. The van der Waals surface area contributed by atoms with Gasteiger partial charge in [-0.1, -0.05) is 12.1 Å². The Morgan fingerprint density at radius 3 is 2.70 bits per heavy atom. The number of benzene rings is 2. The number of hydrogen-bond donors (Lipinski definition) is 2. The second kappa shape index (κ2) is 6.03. The lowest BCUT2D eigenvalue weighted by molar-refractivity contribution is 0.281. The Bertz CT molecular complexity index is 611. The van der Waals surface area contributed by atoms with E-state index in [0.717, 1.165) is 5.56 Å². The fourth-order valence-electron chi connectivity index (χ4n) is 1.95. The fourth-order valence-corrected chi connectivity index (χ4v) is 1.95. The van der Waals surface area contributed by atoms with Crippen LogP contribution in [0.15, 0.2) is 36.4 Å². The minimum absolute atomic E-state index is 0.0558. The lowest BCUT2D eigenvalue weighted by atomic mass is 10.0. The first kappa shape index (κ1) is 14.5. The zero-order valence-corrected chi connectivity index (χ0v) is 11.6. The summed E-state index contributed by atoms with van der Waals surface area (Å²) in [5, 5.41) is 9.13. The van der Waals surface area contributed by atoms with Gasteiger partial charge in [0.15, 0.2) is 0 Å². The Kier molecular flexibility index (Phi) is 4.37. The van der Waals surface area contributed by atoms with E-state index in [-0.39, 0.29) is 18.5 Å². The van der Waals surface area contributed by atoms with Gasteiger partial charge in [0.1, 0.15) is 17.3 Å². The van der Waals surface area contributed by atoms with Crippen LogP contribution in [0.2, 0.25) is 0 Å². The first-order valence-electron chi connectivity index (χ1n) is 6.44. The van der Waals surface area contributed by atoms with Crippen molar-refractivity contribution in [2.24, 2.45) is 5.73 Å². The summed E-state index contributed by atoms with van der Waals surface area (Å²) in [5.41, 5.74) is 7.73. The monoisotopic (exact) mass is 275 g/mol. The molecule has 0 aliphatic carbocycles. The molecule has 20 heavy (non-hydrogen) atoms. The zero-order chi connectivity index (χ0) is 14.7. The second-order valence-corrected chi connectivity index (χ2v) is 4.84. The number of aliphatic hydroxyl groups excluding tert-OH is 1. The summed E-state index contributed by atoms with van der Waals surface area (Å²) in [4.78, 5) is 0. The highest BCUT2D eigenvalue weighted by Crippen LogP contribution is 2.31. The number of nitrogens with two attached hydrogens (primary N) is 1. The minimum Gasteiger partial charge on any atom is -0.457 e. The molecular weight excluding hydrogens is 257 g/mol. The van der Waals surface area contributed by atoms with Crippen LogP contribution in [-0.4, -0.2) is 5.11 Å². The van der Waals surface area contributed by atoms with Crippen molar-refractivity contribution in [3.05, 3.63) is 58.9 Å². The lowest BCUT2D eigenvalue weighted by Crippen LogP contribution is -2.08. The molecule has 106 valence electrons. The number of halogens is 1. The van der Waals surface area contributed by atoms with E-state index in [2.05, 4.69) is 0 Å². The molecule has 0 saturated carbocycles. The van der Waals surface area contributed by atoms with Gasteiger partial charge < -0.3 is 15.6 Å². The molecule has 4 heteroatoms. The lowest BCUT2D eigenvalue weighted by Gasteiger charge is -2.15. The molecule has 1 atom stereocenters. The summed E-state index contributed by atoms with van der Waals surface area (Å²) in [5.74, 6) is 0.826. The SMILES string of the molecule is Cc1cc(Oc2cccc(CO)c2)c([C@@H](C)N)cc1F. The van der Waals surface area contributed by atoms with Crippen molar-refractivity contribution in [2.75, 3.05) is 0 Å². The number of aryl methyl sites for hydroxylation is 1. The van der Waals surface area contributed by atoms with E-state index in [4.69, 9.17) is 15.6 Å². The number of hydrogen-bond acceptors (Lipinski definition) is 3. The maximum absolute atomic E-state index is 13.6. The third-order valence-electron chi connectivity index (χ3n) is 3.09. The smallest absolute Gasteiger partial charge is 0.132 e. The van der Waals surface area contributed by atoms with Gasteiger partial charge in [-0.05, 0) is 49.2 Å². The molecule has 0 aliphatic rings. The number of ether oxygens (including phenoxy) is 1. The molecule has 0 aliphatic heterocycles. The van der Waals surface area contributed by atoms with Gasteiger partial charge in [-0.2, -0.15) is 0 Å². The van der Waals surface area contributed by atoms with Crippen LogP contribution in [0.3, 0.4) is 0 Å². The molecular formula is C16H18FNO2. The van der Waals surface area contributed by atoms with E-state index >= 15 is 0 Å². The van der Waals surface area contributed by atoms with E-state index in [1.54, 1.807) is 44.2 Å². The molecule has 2 aromatic rings. The predicted octanol–water partition coefficient (Wildman–Crippen LogP) is 3.44. The molecule has 0 radical (unpaired) electrons. The third-order valence-corrected chi connectivity index (χ3v) is 3.09. The molecule has 2 rings (SSSR count). The van der Waals surface area contributed by atoms with Crippen LogP contribution < -0.4 is 10.5 Å². The van der Waals surface area contributed by atoms with E-state index in [9.17, 15) is 4.39 Å². The third kappa shape index (κ3) is 3.15. The molecule has 3 N–H and O–H groups in total. The van der Waals surface area contributed by atoms with E-state index in [1.807, 2.05) is 0 Å². The summed E-state index contributed by atoms with van der Waals surface area (Å²) in [6, 6.07) is 9.83. The predicted molar refractivity (Wildman–Crippen MR) is 76.2 cm³/mol. The van der Waals surface area contributed by atoms with Crippen LogP contribution in [0.5, 0.6) is 11.5 Å². The normalized spacial score (nSPS) is 12.2. The molecule has 0 heterocycles. The van der Waals surface area contributed by atoms with Crippen molar-refractivity contribution in [3.63, 3.8) is 0 Å². The average molecular weight is 275 g/mol. The van der Waals surface area contributed by atoms with Gasteiger partial charge in [0.2, 0.25) is 0 Å². The highest BCUT2D eigenvalue weighted by Gasteiger charge is 2.13. The Morgan fingerprint density at radius 1 is 1.30 bits per heavy atom. The highest BCUT2D eigenvalue weighted by atomic mass is 19.1. The van der Waals surface area contributed by atoms with Crippen LogP contribution in [0, 0.1) is 12.7 Å². The van der Waals surface area contributed by atoms with E-state index in [0.29, 0.717) is 22.6 Å². The Hall–Kier alpha value is -1.91. The zero-order valence-electron chi connectivity index (χ0n) is 11.6. The second-order valence-electron chi connectivity index (χ2n) is 4.84. The van der Waals surface area contributed by atoms with Crippen molar-refractivity contribution >= 4 is 0 Å². The van der Waals surface area contributed by atoms with Gasteiger partial charge in [0.05, 0.1) is 6.61 Å². The molecule has 0 aromatic heterocycles. The van der Waals surface area contributed by atoms with Crippen LogP contribution in [0.25, 0.3) is 0 Å². The van der Waals surface area contributed by atoms with Gasteiger partial charge in [-0.15, -0.1) is 0 Å². The largest absolute Gasteiger partial charge is 0.457 e. The standard InChI is InChI=1S/C16H18FNO2/c1-10-6-16(14(11(2)18)8-15(10)17)20-13-5-3-4-12(7-13)9-19/h3-8,11,19H,9,18H2,1-2H3/t11-/m1/s1. The molecule has 0 spiro atoms. The van der Waals surface area contributed by atoms with E-state index < -0.39 is 0 Å². The van der Waals surface area contributed by atoms with Gasteiger partial charge in [0, 0.05) is 11.6 Å².